The zero-order chi connectivity index (χ0) is 8.27. The Labute approximate surface area is 72.9 Å². The summed E-state index contributed by atoms with van der Waals surface area (Å²) in [5, 5.41) is 3.41. The van der Waals surface area contributed by atoms with Crippen LogP contribution < -0.4 is 11.1 Å². The maximum absolute atomic E-state index is 5.31. The molecule has 11 heavy (non-hydrogen) atoms. The predicted molar refractivity (Wildman–Crippen MR) is 50.4 cm³/mol. The van der Waals surface area contributed by atoms with Gasteiger partial charge in [-0.15, -0.1) is 0 Å². The standard InChI is InChI=1S/C7H15N3S/c1-10-3-2-6(5-10)4-9-7(8)11/h6H,2-5H2,1H3,(H3,8,9,11). The first-order chi connectivity index (χ1) is 5.18. The number of hydrogen-bond donors (Lipinski definition) is 2. The van der Waals surface area contributed by atoms with Crippen LogP contribution in [0.15, 0.2) is 0 Å². The Kier molecular flexibility index (Phi) is 3.08. The molecule has 0 amide bonds. The summed E-state index contributed by atoms with van der Waals surface area (Å²) in [4.78, 5) is 2.33. The van der Waals surface area contributed by atoms with Crippen molar-refractivity contribution in [1.82, 2.24) is 10.2 Å². The minimum atomic E-state index is 0.416. The molecule has 1 rings (SSSR count). The smallest absolute Gasteiger partial charge is 0.163 e. The third kappa shape index (κ3) is 3.03. The van der Waals surface area contributed by atoms with E-state index in [1.807, 2.05) is 0 Å². The quantitative estimate of drug-likeness (QED) is 0.566. The molecule has 64 valence electrons. The van der Waals surface area contributed by atoms with Crippen LogP contribution in [0.4, 0.5) is 0 Å². The highest BCUT2D eigenvalue weighted by Gasteiger charge is 2.18. The highest BCUT2D eigenvalue weighted by molar-refractivity contribution is 7.80. The zero-order valence-corrected chi connectivity index (χ0v) is 7.66. The Hall–Kier alpha value is -0.350. The van der Waals surface area contributed by atoms with Gasteiger partial charge in [0.1, 0.15) is 0 Å². The summed E-state index contributed by atoms with van der Waals surface area (Å²) in [6.45, 7) is 3.29. The van der Waals surface area contributed by atoms with Gasteiger partial charge in [0.05, 0.1) is 0 Å². The van der Waals surface area contributed by atoms with E-state index in [2.05, 4.69) is 17.3 Å². The molecule has 1 aliphatic rings. The minimum absolute atomic E-state index is 0.416. The highest BCUT2D eigenvalue weighted by Crippen LogP contribution is 2.12. The Morgan fingerprint density at radius 1 is 1.82 bits per heavy atom. The van der Waals surface area contributed by atoms with Crippen molar-refractivity contribution in [1.29, 1.82) is 0 Å². The van der Waals surface area contributed by atoms with Gasteiger partial charge in [-0.25, -0.2) is 0 Å². The topological polar surface area (TPSA) is 41.3 Å². The Balaban J connectivity index is 2.13. The van der Waals surface area contributed by atoms with E-state index in [9.17, 15) is 0 Å². The monoisotopic (exact) mass is 173 g/mol. The summed E-state index contributed by atoms with van der Waals surface area (Å²) >= 11 is 4.71. The van der Waals surface area contributed by atoms with E-state index in [-0.39, 0.29) is 0 Å². The molecule has 0 spiro atoms. The van der Waals surface area contributed by atoms with Gasteiger partial charge in [0.15, 0.2) is 5.11 Å². The lowest BCUT2D eigenvalue weighted by molar-refractivity contribution is 0.394. The first-order valence-electron chi connectivity index (χ1n) is 3.90. The largest absolute Gasteiger partial charge is 0.376 e. The highest BCUT2D eigenvalue weighted by atomic mass is 32.1. The average Bonchev–Trinajstić information content (AvgIpc) is 2.31. The predicted octanol–water partition coefficient (Wildman–Crippen LogP) is -0.229. The molecular formula is C7H15N3S. The summed E-state index contributed by atoms with van der Waals surface area (Å²) in [5.74, 6) is 0.724. The fourth-order valence-electron chi connectivity index (χ4n) is 1.44. The number of likely N-dealkylation sites (tertiary alicyclic amines) is 1. The van der Waals surface area contributed by atoms with Crippen molar-refractivity contribution in [2.24, 2.45) is 11.7 Å². The van der Waals surface area contributed by atoms with Crippen molar-refractivity contribution < 1.29 is 0 Å². The van der Waals surface area contributed by atoms with Gasteiger partial charge in [-0.1, -0.05) is 0 Å². The summed E-state index contributed by atoms with van der Waals surface area (Å²) in [7, 11) is 2.14. The molecule has 1 saturated heterocycles. The van der Waals surface area contributed by atoms with Crippen molar-refractivity contribution in [3.8, 4) is 0 Å². The van der Waals surface area contributed by atoms with Crippen molar-refractivity contribution in [3.05, 3.63) is 0 Å². The fraction of sp³-hybridized carbons (Fsp3) is 0.857. The second-order valence-electron chi connectivity index (χ2n) is 3.16. The second kappa shape index (κ2) is 3.88. The van der Waals surface area contributed by atoms with E-state index in [1.54, 1.807) is 0 Å². The van der Waals surface area contributed by atoms with Crippen LogP contribution in [-0.4, -0.2) is 36.7 Å². The Morgan fingerprint density at radius 2 is 2.55 bits per heavy atom. The van der Waals surface area contributed by atoms with Gasteiger partial charge in [-0.2, -0.15) is 0 Å². The van der Waals surface area contributed by atoms with Gasteiger partial charge in [0.25, 0.3) is 0 Å². The third-order valence-electron chi connectivity index (χ3n) is 2.05. The fourth-order valence-corrected chi connectivity index (χ4v) is 1.52. The van der Waals surface area contributed by atoms with E-state index >= 15 is 0 Å². The maximum atomic E-state index is 5.31. The first kappa shape index (κ1) is 8.74. The van der Waals surface area contributed by atoms with E-state index in [1.165, 1.54) is 13.0 Å². The third-order valence-corrected chi connectivity index (χ3v) is 2.20. The normalized spacial score (nSPS) is 25.4. The van der Waals surface area contributed by atoms with Crippen LogP contribution in [0.2, 0.25) is 0 Å². The van der Waals surface area contributed by atoms with Crippen LogP contribution in [0, 0.1) is 5.92 Å². The Bertz CT molecular complexity index is 149. The minimum Gasteiger partial charge on any atom is -0.376 e. The number of thiocarbonyl (C=S) groups is 1. The molecular weight excluding hydrogens is 158 g/mol. The van der Waals surface area contributed by atoms with Crippen molar-refractivity contribution in [2.45, 2.75) is 6.42 Å². The summed E-state index contributed by atoms with van der Waals surface area (Å²) in [6, 6.07) is 0. The molecule has 0 aliphatic carbocycles. The van der Waals surface area contributed by atoms with Gasteiger partial charge in [0, 0.05) is 13.1 Å². The molecule has 0 saturated carbocycles. The molecule has 1 aliphatic heterocycles. The molecule has 0 aromatic carbocycles. The van der Waals surface area contributed by atoms with Crippen LogP contribution in [0.3, 0.4) is 0 Å². The second-order valence-corrected chi connectivity index (χ2v) is 3.60. The van der Waals surface area contributed by atoms with Crippen LogP contribution in [-0.2, 0) is 0 Å². The lowest BCUT2D eigenvalue weighted by Gasteiger charge is -2.10. The van der Waals surface area contributed by atoms with E-state index < -0.39 is 0 Å². The number of nitrogens with zero attached hydrogens (tertiary/aromatic N) is 1. The van der Waals surface area contributed by atoms with Crippen LogP contribution in [0.1, 0.15) is 6.42 Å². The maximum Gasteiger partial charge on any atom is 0.163 e. The molecule has 0 aromatic heterocycles. The SMILES string of the molecule is CN1CCC(CNC(N)=S)C1. The van der Waals surface area contributed by atoms with Crippen LogP contribution >= 0.6 is 12.2 Å². The molecule has 0 aromatic rings. The van der Waals surface area contributed by atoms with Crippen molar-refractivity contribution in [2.75, 3.05) is 26.7 Å². The first-order valence-corrected chi connectivity index (χ1v) is 4.31. The molecule has 3 N–H and O–H groups in total. The van der Waals surface area contributed by atoms with Crippen molar-refractivity contribution in [3.63, 3.8) is 0 Å². The van der Waals surface area contributed by atoms with Gasteiger partial charge in [-0.05, 0) is 38.1 Å². The number of nitrogens with two attached hydrogens (primary N) is 1. The van der Waals surface area contributed by atoms with Gasteiger partial charge in [-0.3, -0.25) is 0 Å². The van der Waals surface area contributed by atoms with Gasteiger partial charge < -0.3 is 16.0 Å². The van der Waals surface area contributed by atoms with Crippen LogP contribution in [0.5, 0.6) is 0 Å². The number of rotatable bonds is 2. The molecule has 1 heterocycles. The Morgan fingerprint density at radius 3 is 3.00 bits per heavy atom. The lowest BCUT2D eigenvalue weighted by Crippen LogP contribution is -2.34. The van der Waals surface area contributed by atoms with E-state index in [0.717, 1.165) is 19.0 Å². The van der Waals surface area contributed by atoms with Crippen molar-refractivity contribution >= 4 is 17.3 Å². The van der Waals surface area contributed by atoms with Gasteiger partial charge in [0.2, 0.25) is 0 Å². The summed E-state index contributed by atoms with van der Waals surface area (Å²) < 4.78 is 0. The molecule has 1 atom stereocenters. The van der Waals surface area contributed by atoms with E-state index in [0.29, 0.717) is 5.11 Å². The molecule has 0 bridgehead atoms. The molecule has 1 fully saturated rings. The zero-order valence-electron chi connectivity index (χ0n) is 6.84. The number of nitrogens with one attached hydrogen (secondary N) is 1. The molecule has 3 nitrogen and oxygen atoms in total. The molecule has 1 unspecified atom stereocenters. The van der Waals surface area contributed by atoms with E-state index in [4.69, 9.17) is 18.0 Å². The van der Waals surface area contributed by atoms with Gasteiger partial charge >= 0.3 is 0 Å². The summed E-state index contributed by atoms with van der Waals surface area (Å²) in [5.41, 5.74) is 5.31. The molecule has 4 heteroatoms. The lowest BCUT2D eigenvalue weighted by atomic mass is 10.1. The van der Waals surface area contributed by atoms with Crippen LogP contribution in [0.25, 0.3) is 0 Å². The number of hydrogen-bond acceptors (Lipinski definition) is 2. The molecule has 0 radical (unpaired) electrons. The average molecular weight is 173 g/mol. The summed E-state index contributed by atoms with van der Waals surface area (Å²) in [6.07, 6.45) is 1.26.